The topological polar surface area (TPSA) is 120 Å². The summed E-state index contributed by atoms with van der Waals surface area (Å²) in [7, 11) is 0. The number of hydrogen-bond acceptors (Lipinski definition) is 9. The van der Waals surface area contributed by atoms with Crippen molar-refractivity contribution in [3.8, 4) is 5.75 Å². The first-order valence-corrected chi connectivity index (χ1v) is 14.6. The molecule has 1 fully saturated rings. The Morgan fingerprint density at radius 2 is 1.67 bits per heavy atom. The number of ether oxygens (including phenoxy) is 3. The van der Waals surface area contributed by atoms with Crippen LogP contribution in [0.2, 0.25) is 0 Å². The van der Waals surface area contributed by atoms with Gasteiger partial charge in [-0.1, -0.05) is 6.92 Å². The van der Waals surface area contributed by atoms with Crippen LogP contribution in [0.3, 0.4) is 0 Å². The van der Waals surface area contributed by atoms with E-state index in [2.05, 4.69) is 27.1 Å². The van der Waals surface area contributed by atoms with Gasteiger partial charge in [0.25, 0.3) is 5.91 Å². The lowest BCUT2D eigenvalue weighted by Crippen LogP contribution is -2.42. The monoisotopic (exact) mass is 590 g/mol. The van der Waals surface area contributed by atoms with Gasteiger partial charge in [-0.25, -0.2) is 23.5 Å². The van der Waals surface area contributed by atoms with Crippen LogP contribution in [-0.2, 0) is 25.5 Å². The minimum absolute atomic E-state index is 0.0288. The Morgan fingerprint density at radius 3 is 2.26 bits per heavy atom. The van der Waals surface area contributed by atoms with Crippen molar-refractivity contribution in [1.82, 2.24) is 15.3 Å². The van der Waals surface area contributed by atoms with Gasteiger partial charge >= 0.3 is 11.9 Å². The molecule has 10 nitrogen and oxygen atoms in total. The molecule has 1 aromatic carbocycles. The summed E-state index contributed by atoms with van der Waals surface area (Å²) >= 11 is 0. The number of rotatable bonds is 15. The van der Waals surface area contributed by atoms with Crippen LogP contribution < -0.4 is 15.0 Å². The van der Waals surface area contributed by atoms with Gasteiger partial charge in [0, 0.05) is 44.0 Å². The summed E-state index contributed by atoms with van der Waals surface area (Å²) in [4.78, 5) is 47.8. The van der Waals surface area contributed by atoms with E-state index in [1.165, 1.54) is 0 Å². The number of hydrogen-bond donors (Lipinski definition) is 1. The van der Waals surface area contributed by atoms with Crippen LogP contribution in [0.5, 0.6) is 5.75 Å². The molecule has 1 aromatic heterocycles. The molecule has 0 saturated carbocycles. The van der Waals surface area contributed by atoms with E-state index in [0.29, 0.717) is 12.3 Å². The maximum absolute atomic E-state index is 14.8. The van der Waals surface area contributed by atoms with Gasteiger partial charge in [-0.15, -0.1) is 0 Å². The summed E-state index contributed by atoms with van der Waals surface area (Å²) in [5.74, 6) is -3.56. The van der Waals surface area contributed by atoms with Crippen molar-refractivity contribution in [1.29, 1.82) is 0 Å². The quantitative estimate of drug-likeness (QED) is 0.238. The first-order valence-electron chi connectivity index (χ1n) is 14.6. The molecule has 1 N–H and O–H groups in total. The number of nitrogens with one attached hydrogen (secondary N) is 1. The predicted molar refractivity (Wildman–Crippen MR) is 151 cm³/mol. The Balaban J connectivity index is 1.47. The number of halogens is 2. The second-order valence-electron chi connectivity index (χ2n) is 10.0. The highest BCUT2D eigenvalue weighted by Crippen LogP contribution is 2.25. The normalized spacial score (nSPS) is 14.3. The third kappa shape index (κ3) is 9.63. The fourth-order valence-corrected chi connectivity index (χ4v) is 4.75. The lowest BCUT2D eigenvalue weighted by atomic mass is 9.92. The largest absolute Gasteiger partial charge is 0.493 e. The second kappa shape index (κ2) is 16.6. The first-order chi connectivity index (χ1) is 20.2. The van der Waals surface area contributed by atoms with E-state index in [1.807, 2.05) is 12.4 Å². The van der Waals surface area contributed by atoms with E-state index < -0.39 is 41.1 Å². The molecule has 1 aliphatic rings. The first kappa shape index (κ1) is 32.7. The molecule has 12 heteroatoms. The maximum Gasteiger partial charge on any atom is 0.328 e. The molecular formula is C30H40F2N4O6. The van der Waals surface area contributed by atoms with E-state index in [4.69, 9.17) is 14.2 Å². The van der Waals surface area contributed by atoms with Crippen molar-refractivity contribution in [3.05, 3.63) is 47.3 Å². The number of benzene rings is 1. The number of carbonyl (C=O) groups is 3. The third-order valence-corrected chi connectivity index (χ3v) is 7.08. The highest BCUT2D eigenvalue weighted by Gasteiger charge is 2.27. The molecule has 42 heavy (non-hydrogen) atoms. The average molecular weight is 591 g/mol. The number of esters is 2. The number of aryl methyl sites for hydroxylation is 1. The van der Waals surface area contributed by atoms with Gasteiger partial charge < -0.3 is 24.4 Å². The van der Waals surface area contributed by atoms with Crippen LogP contribution in [0.15, 0.2) is 24.5 Å². The molecule has 0 spiro atoms. The van der Waals surface area contributed by atoms with Gasteiger partial charge in [0.05, 0.1) is 19.8 Å². The van der Waals surface area contributed by atoms with Crippen LogP contribution in [0.25, 0.3) is 0 Å². The zero-order chi connectivity index (χ0) is 30.5. The van der Waals surface area contributed by atoms with Crippen molar-refractivity contribution in [2.24, 2.45) is 5.92 Å². The van der Waals surface area contributed by atoms with Crippen molar-refractivity contribution >= 4 is 23.8 Å². The number of aromatic nitrogens is 2. The second-order valence-corrected chi connectivity index (χ2v) is 10.0. The number of anilines is 1. The van der Waals surface area contributed by atoms with Gasteiger partial charge in [0.15, 0.2) is 0 Å². The Labute approximate surface area is 245 Å². The Kier molecular flexibility index (Phi) is 12.9. The average Bonchev–Trinajstić information content (AvgIpc) is 2.97. The van der Waals surface area contributed by atoms with Crippen LogP contribution in [-0.4, -0.2) is 66.8 Å². The lowest BCUT2D eigenvalue weighted by molar-refractivity contribution is -0.146. The van der Waals surface area contributed by atoms with Crippen LogP contribution in [0, 0.1) is 17.6 Å². The summed E-state index contributed by atoms with van der Waals surface area (Å²) in [5, 5.41) is 2.27. The Bertz CT molecular complexity index is 1170. The van der Waals surface area contributed by atoms with Gasteiger partial charge in [-0.2, -0.15) is 0 Å². The predicted octanol–water partition coefficient (Wildman–Crippen LogP) is 4.40. The summed E-state index contributed by atoms with van der Waals surface area (Å²) < 4.78 is 44.9. The molecule has 0 unspecified atom stereocenters. The molecular weight excluding hydrogens is 550 g/mol. The smallest absolute Gasteiger partial charge is 0.328 e. The van der Waals surface area contributed by atoms with Gasteiger partial charge in [0.1, 0.15) is 29.0 Å². The molecule has 230 valence electrons. The molecule has 1 amide bonds. The van der Waals surface area contributed by atoms with Crippen molar-refractivity contribution in [3.63, 3.8) is 0 Å². The molecule has 1 aliphatic heterocycles. The maximum atomic E-state index is 14.8. The highest BCUT2D eigenvalue weighted by molar-refractivity contribution is 5.97. The van der Waals surface area contributed by atoms with E-state index in [0.717, 1.165) is 62.4 Å². The summed E-state index contributed by atoms with van der Waals surface area (Å²) in [6.07, 6.45) is 7.92. The SMILES string of the molecule is CCOC(=O)CC[C@H](NC(=O)c1c(F)cc(OCCCC2CCN(c3ncc(CC)cn3)CC2)cc1F)C(=O)OCC. The number of nitrogens with zero attached hydrogens (tertiary/aromatic N) is 3. The lowest BCUT2D eigenvalue weighted by Gasteiger charge is -2.32. The summed E-state index contributed by atoms with van der Waals surface area (Å²) in [6.45, 7) is 7.47. The third-order valence-electron chi connectivity index (χ3n) is 7.08. The standard InChI is InChI=1S/C30H40F2N4O6/c1-4-20-18-33-30(34-19-20)36-13-11-21(12-14-36)8-7-15-42-22-16-23(31)27(24(32)17-22)28(38)35-25(29(39)41-6-3)9-10-26(37)40-5-2/h16-19,21,25H,4-15H2,1-3H3,(H,35,38)/t25-/m0/s1. The zero-order valence-corrected chi connectivity index (χ0v) is 24.5. The fourth-order valence-electron chi connectivity index (χ4n) is 4.75. The molecule has 3 rings (SSSR count). The van der Waals surface area contributed by atoms with Gasteiger partial charge in [-0.3, -0.25) is 9.59 Å². The van der Waals surface area contributed by atoms with Crippen LogP contribution in [0.1, 0.15) is 75.2 Å². The van der Waals surface area contributed by atoms with Crippen molar-refractivity contribution < 1.29 is 37.4 Å². The highest BCUT2D eigenvalue weighted by atomic mass is 19.1. The van der Waals surface area contributed by atoms with Gasteiger partial charge in [-0.05, 0) is 63.9 Å². The van der Waals surface area contributed by atoms with E-state index >= 15 is 0 Å². The Hall–Kier alpha value is -3.83. The fraction of sp³-hybridized carbons (Fsp3) is 0.567. The van der Waals surface area contributed by atoms with Crippen LogP contribution >= 0.6 is 0 Å². The molecule has 0 aliphatic carbocycles. The molecule has 0 bridgehead atoms. The molecule has 2 aromatic rings. The number of amides is 1. The molecule has 1 atom stereocenters. The molecule has 2 heterocycles. The van der Waals surface area contributed by atoms with E-state index in [1.54, 1.807) is 13.8 Å². The zero-order valence-electron chi connectivity index (χ0n) is 24.5. The Morgan fingerprint density at radius 1 is 1.02 bits per heavy atom. The van der Waals surface area contributed by atoms with E-state index in [9.17, 15) is 23.2 Å². The van der Waals surface area contributed by atoms with Gasteiger partial charge in [0.2, 0.25) is 5.95 Å². The minimum Gasteiger partial charge on any atom is -0.493 e. The van der Waals surface area contributed by atoms with Crippen molar-refractivity contribution in [2.75, 3.05) is 37.8 Å². The number of piperidine rings is 1. The number of carbonyl (C=O) groups excluding carboxylic acids is 3. The van der Waals surface area contributed by atoms with E-state index in [-0.39, 0.29) is 38.4 Å². The summed E-state index contributed by atoms with van der Waals surface area (Å²) in [5.41, 5.74) is 0.254. The minimum atomic E-state index is -1.28. The van der Waals surface area contributed by atoms with Crippen LogP contribution in [0.4, 0.5) is 14.7 Å². The van der Waals surface area contributed by atoms with Crippen molar-refractivity contribution in [2.45, 2.75) is 71.8 Å². The summed E-state index contributed by atoms with van der Waals surface area (Å²) in [6, 6.07) is 0.605. The molecule has 1 saturated heterocycles. The molecule has 0 radical (unpaired) electrons.